The van der Waals surface area contributed by atoms with E-state index in [0.29, 0.717) is 17.5 Å². The van der Waals surface area contributed by atoms with Crippen LogP contribution in [-0.2, 0) is 4.79 Å². The Morgan fingerprint density at radius 1 is 1.56 bits per heavy atom. The lowest BCUT2D eigenvalue weighted by Crippen LogP contribution is -2.35. The minimum absolute atomic E-state index is 0.478. The summed E-state index contributed by atoms with van der Waals surface area (Å²) in [4.78, 5) is 21.2. The van der Waals surface area contributed by atoms with Gasteiger partial charge in [-0.1, -0.05) is 0 Å². The van der Waals surface area contributed by atoms with Gasteiger partial charge in [-0.05, 0) is 12.8 Å². The van der Waals surface area contributed by atoms with Gasteiger partial charge in [-0.15, -0.1) is 0 Å². The second-order valence-electron chi connectivity index (χ2n) is 4.04. The predicted octanol–water partition coefficient (Wildman–Crippen LogP) is 0.777. The van der Waals surface area contributed by atoms with E-state index in [0.717, 1.165) is 13.0 Å². The molecule has 1 aliphatic rings. The van der Waals surface area contributed by atoms with Gasteiger partial charge in [0.05, 0.1) is 0 Å². The molecule has 1 fully saturated rings. The van der Waals surface area contributed by atoms with Crippen LogP contribution < -0.4 is 4.90 Å². The molecular formula is C10H11N5O2S. The summed E-state index contributed by atoms with van der Waals surface area (Å²) in [7, 11) is 0. The number of carboxylic acids is 1. The summed E-state index contributed by atoms with van der Waals surface area (Å²) in [5.41, 5.74) is 0. The van der Waals surface area contributed by atoms with Crippen molar-refractivity contribution in [1.82, 2.24) is 18.9 Å². The SMILES string of the molecule is O=C(O)[C@@H]1CCCN1c1nc(-n2ccnc2)ns1. The van der Waals surface area contributed by atoms with Crippen LogP contribution in [-0.4, -0.2) is 42.6 Å². The zero-order valence-corrected chi connectivity index (χ0v) is 10.2. The molecule has 1 saturated heterocycles. The van der Waals surface area contributed by atoms with Crippen molar-refractivity contribution < 1.29 is 9.90 Å². The van der Waals surface area contributed by atoms with Crippen LogP contribution in [0.25, 0.3) is 5.95 Å². The summed E-state index contributed by atoms with van der Waals surface area (Å²) in [6.07, 6.45) is 6.55. The molecule has 3 rings (SSSR count). The Bertz CT molecular complexity index is 552. The van der Waals surface area contributed by atoms with Crippen LogP contribution in [0, 0.1) is 0 Å². The molecule has 0 amide bonds. The third kappa shape index (κ3) is 1.84. The molecule has 0 spiro atoms. The maximum Gasteiger partial charge on any atom is 0.326 e. The Morgan fingerprint density at radius 3 is 3.17 bits per heavy atom. The highest BCUT2D eigenvalue weighted by Crippen LogP contribution is 2.27. The standard InChI is InChI=1S/C10H11N5O2S/c16-8(17)7-2-1-4-15(7)10-12-9(13-18-10)14-5-3-11-6-14/h3,5-7H,1-2,4H2,(H,16,17)/t7-/m0/s1. The number of nitrogens with zero attached hydrogens (tertiary/aromatic N) is 5. The van der Waals surface area contributed by atoms with Crippen LogP contribution >= 0.6 is 11.5 Å². The van der Waals surface area contributed by atoms with E-state index in [4.69, 9.17) is 5.11 Å². The molecule has 0 radical (unpaired) electrons. The molecule has 0 aromatic carbocycles. The lowest BCUT2D eigenvalue weighted by Gasteiger charge is -2.19. The van der Waals surface area contributed by atoms with Crippen LogP contribution in [0.15, 0.2) is 18.7 Å². The van der Waals surface area contributed by atoms with Gasteiger partial charge in [0.15, 0.2) is 0 Å². The lowest BCUT2D eigenvalue weighted by atomic mass is 10.2. The summed E-state index contributed by atoms with van der Waals surface area (Å²) in [6, 6.07) is -0.478. The molecule has 1 atom stereocenters. The molecule has 0 saturated carbocycles. The maximum atomic E-state index is 11.1. The van der Waals surface area contributed by atoms with E-state index in [-0.39, 0.29) is 0 Å². The zero-order valence-electron chi connectivity index (χ0n) is 9.43. The number of imidazole rings is 1. The number of carboxylic acid groups (broad SMARTS) is 1. The minimum atomic E-state index is -0.799. The number of aliphatic carboxylic acids is 1. The Kier molecular flexibility index (Phi) is 2.71. The zero-order chi connectivity index (χ0) is 12.5. The van der Waals surface area contributed by atoms with Crippen molar-refractivity contribution in [3.8, 4) is 5.95 Å². The summed E-state index contributed by atoms with van der Waals surface area (Å²) in [5, 5.41) is 9.79. The summed E-state index contributed by atoms with van der Waals surface area (Å²) >= 11 is 1.22. The first-order valence-corrected chi connectivity index (χ1v) is 6.34. The second kappa shape index (κ2) is 4.37. The van der Waals surface area contributed by atoms with Gasteiger partial charge in [0, 0.05) is 30.5 Å². The van der Waals surface area contributed by atoms with Gasteiger partial charge in [-0.2, -0.15) is 9.36 Å². The first-order valence-electron chi connectivity index (χ1n) is 5.57. The number of hydrogen-bond acceptors (Lipinski definition) is 6. The quantitative estimate of drug-likeness (QED) is 0.882. The summed E-state index contributed by atoms with van der Waals surface area (Å²) < 4.78 is 5.92. The van der Waals surface area contributed by atoms with Gasteiger partial charge >= 0.3 is 5.97 Å². The van der Waals surface area contributed by atoms with Crippen LogP contribution in [0.5, 0.6) is 0 Å². The minimum Gasteiger partial charge on any atom is -0.480 e. The van der Waals surface area contributed by atoms with Gasteiger partial charge in [0.25, 0.3) is 0 Å². The maximum absolute atomic E-state index is 11.1. The number of carbonyl (C=O) groups is 1. The summed E-state index contributed by atoms with van der Waals surface area (Å²) in [5.74, 6) is -0.268. The molecule has 3 heterocycles. The Morgan fingerprint density at radius 2 is 2.44 bits per heavy atom. The smallest absolute Gasteiger partial charge is 0.326 e. The van der Waals surface area contributed by atoms with Crippen LogP contribution in [0.3, 0.4) is 0 Å². The molecule has 1 aliphatic heterocycles. The molecule has 8 heteroatoms. The normalized spacial score (nSPS) is 19.3. The van der Waals surface area contributed by atoms with Crippen molar-refractivity contribution in [1.29, 1.82) is 0 Å². The highest BCUT2D eigenvalue weighted by molar-refractivity contribution is 7.09. The van der Waals surface area contributed by atoms with Gasteiger partial charge in [0.1, 0.15) is 12.4 Å². The topological polar surface area (TPSA) is 84.1 Å². The third-order valence-corrected chi connectivity index (χ3v) is 3.67. The first-order chi connectivity index (χ1) is 8.75. The molecule has 7 nitrogen and oxygen atoms in total. The lowest BCUT2D eigenvalue weighted by molar-refractivity contribution is -0.138. The predicted molar refractivity (Wildman–Crippen MR) is 65.0 cm³/mol. The fraction of sp³-hybridized carbons (Fsp3) is 0.400. The highest BCUT2D eigenvalue weighted by Gasteiger charge is 2.32. The van der Waals surface area contributed by atoms with Crippen molar-refractivity contribution in [2.75, 3.05) is 11.4 Å². The van der Waals surface area contributed by atoms with Gasteiger partial charge in [-0.3, -0.25) is 4.57 Å². The van der Waals surface area contributed by atoms with Crippen LogP contribution in [0.2, 0.25) is 0 Å². The summed E-state index contributed by atoms with van der Waals surface area (Å²) in [6.45, 7) is 0.718. The largest absolute Gasteiger partial charge is 0.480 e. The average molecular weight is 265 g/mol. The van der Waals surface area contributed by atoms with E-state index in [9.17, 15) is 4.79 Å². The van der Waals surface area contributed by atoms with Crippen molar-refractivity contribution in [2.24, 2.45) is 0 Å². The van der Waals surface area contributed by atoms with Gasteiger partial charge < -0.3 is 10.0 Å². The van der Waals surface area contributed by atoms with Crippen molar-refractivity contribution >= 4 is 22.6 Å². The molecular weight excluding hydrogens is 254 g/mol. The van der Waals surface area contributed by atoms with E-state index in [1.54, 1.807) is 28.2 Å². The average Bonchev–Trinajstić information content (AvgIpc) is 3.10. The number of rotatable bonds is 3. The molecule has 0 bridgehead atoms. The van der Waals surface area contributed by atoms with Crippen LogP contribution in [0.1, 0.15) is 12.8 Å². The van der Waals surface area contributed by atoms with Crippen molar-refractivity contribution in [3.63, 3.8) is 0 Å². The molecule has 0 unspecified atom stereocenters. The highest BCUT2D eigenvalue weighted by atomic mass is 32.1. The van der Waals surface area contributed by atoms with E-state index >= 15 is 0 Å². The van der Waals surface area contributed by atoms with E-state index in [2.05, 4.69) is 14.3 Å². The Labute approximate surface area is 107 Å². The van der Waals surface area contributed by atoms with E-state index in [1.807, 2.05) is 0 Å². The van der Waals surface area contributed by atoms with Crippen LogP contribution in [0.4, 0.5) is 5.13 Å². The Balaban J connectivity index is 1.87. The van der Waals surface area contributed by atoms with Gasteiger partial charge in [0.2, 0.25) is 11.1 Å². The van der Waals surface area contributed by atoms with Crippen molar-refractivity contribution in [2.45, 2.75) is 18.9 Å². The molecule has 2 aromatic rings. The van der Waals surface area contributed by atoms with Crippen molar-refractivity contribution in [3.05, 3.63) is 18.7 Å². The monoisotopic (exact) mass is 265 g/mol. The molecule has 0 aliphatic carbocycles. The molecule has 18 heavy (non-hydrogen) atoms. The molecule has 94 valence electrons. The Hall–Kier alpha value is -1.96. The van der Waals surface area contributed by atoms with E-state index < -0.39 is 12.0 Å². The number of aromatic nitrogens is 4. The fourth-order valence-electron chi connectivity index (χ4n) is 2.06. The fourth-order valence-corrected chi connectivity index (χ4v) is 2.80. The molecule has 1 N–H and O–H groups in total. The second-order valence-corrected chi connectivity index (χ2v) is 4.77. The van der Waals surface area contributed by atoms with Gasteiger partial charge in [-0.25, -0.2) is 9.78 Å². The first kappa shape index (κ1) is 11.1. The third-order valence-electron chi connectivity index (χ3n) is 2.92. The number of hydrogen-bond donors (Lipinski definition) is 1. The number of anilines is 1. The molecule has 2 aromatic heterocycles. The van der Waals surface area contributed by atoms with E-state index in [1.165, 1.54) is 11.5 Å².